The Labute approximate surface area is 154 Å². The fourth-order valence-electron chi connectivity index (χ4n) is 4.17. The van der Waals surface area contributed by atoms with Crippen molar-refractivity contribution in [3.05, 3.63) is 54.1 Å². The van der Waals surface area contributed by atoms with Gasteiger partial charge in [-0.15, -0.1) is 0 Å². The molecule has 2 saturated heterocycles. The molecule has 1 amide bonds. The quantitative estimate of drug-likeness (QED) is 0.915. The second-order valence-electron chi connectivity index (χ2n) is 7.52. The van der Waals surface area contributed by atoms with Crippen molar-refractivity contribution in [1.29, 1.82) is 0 Å². The van der Waals surface area contributed by atoms with Gasteiger partial charge in [-0.2, -0.15) is 0 Å². The Balaban J connectivity index is 1.39. The zero-order valence-electron chi connectivity index (χ0n) is 15.2. The number of carbonyl (C=O) groups excluding carboxylic acids is 1. The standard InChI is InChI=1S/C20H26N4O2/c1-23(13-17-5-2-3-8-22-17)18-11-20(26-14-18)7-4-10-24(15-20)19(25)16-6-9-21-12-16/h2-3,5-6,8-9,12,18,21H,4,7,10-11,13-15H2,1H3. The summed E-state index contributed by atoms with van der Waals surface area (Å²) in [6.45, 7) is 3.03. The normalized spacial score (nSPS) is 25.9. The number of aromatic amines is 1. The van der Waals surface area contributed by atoms with Crippen molar-refractivity contribution in [3.63, 3.8) is 0 Å². The van der Waals surface area contributed by atoms with Gasteiger partial charge in [-0.25, -0.2) is 0 Å². The molecule has 0 bridgehead atoms. The number of aromatic nitrogens is 2. The van der Waals surface area contributed by atoms with Crippen LogP contribution in [0.3, 0.4) is 0 Å². The zero-order chi connectivity index (χ0) is 18.0. The first-order valence-corrected chi connectivity index (χ1v) is 9.31. The third-order valence-electron chi connectivity index (χ3n) is 5.62. The van der Waals surface area contributed by atoms with Gasteiger partial charge in [-0.3, -0.25) is 14.7 Å². The molecule has 4 heterocycles. The van der Waals surface area contributed by atoms with E-state index in [1.54, 1.807) is 12.4 Å². The molecule has 26 heavy (non-hydrogen) atoms. The number of nitrogens with one attached hydrogen (secondary N) is 1. The fourth-order valence-corrected chi connectivity index (χ4v) is 4.17. The lowest BCUT2D eigenvalue weighted by molar-refractivity contribution is -0.0451. The highest BCUT2D eigenvalue weighted by atomic mass is 16.5. The molecule has 2 atom stereocenters. The zero-order valence-corrected chi connectivity index (χ0v) is 15.2. The molecular weight excluding hydrogens is 328 g/mol. The number of carbonyl (C=O) groups is 1. The van der Waals surface area contributed by atoms with Gasteiger partial charge in [0.05, 0.1) is 30.0 Å². The summed E-state index contributed by atoms with van der Waals surface area (Å²) in [4.78, 5) is 24.3. The molecule has 138 valence electrons. The average molecular weight is 354 g/mol. The number of hydrogen-bond acceptors (Lipinski definition) is 4. The number of likely N-dealkylation sites (tertiary alicyclic amines) is 1. The van der Waals surface area contributed by atoms with Crippen LogP contribution >= 0.6 is 0 Å². The summed E-state index contributed by atoms with van der Waals surface area (Å²) in [5.41, 5.74) is 1.60. The Bertz CT molecular complexity index is 734. The van der Waals surface area contributed by atoms with Crippen LogP contribution in [0.5, 0.6) is 0 Å². The number of nitrogens with zero attached hydrogens (tertiary/aromatic N) is 3. The second-order valence-corrected chi connectivity index (χ2v) is 7.52. The number of ether oxygens (including phenoxy) is 1. The number of likely N-dealkylation sites (N-methyl/N-ethyl adjacent to an activating group) is 1. The number of H-pyrrole nitrogens is 1. The SMILES string of the molecule is CN(Cc1ccccn1)C1COC2(CCCN(C(=O)c3cc[nH]c3)C2)C1. The van der Waals surface area contributed by atoms with Crippen molar-refractivity contribution in [2.75, 3.05) is 26.7 Å². The van der Waals surface area contributed by atoms with E-state index in [4.69, 9.17) is 4.74 Å². The van der Waals surface area contributed by atoms with Gasteiger partial charge in [-0.05, 0) is 44.5 Å². The average Bonchev–Trinajstić information content (AvgIpc) is 3.33. The van der Waals surface area contributed by atoms with Crippen LogP contribution in [-0.4, -0.2) is 64.1 Å². The first kappa shape index (κ1) is 17.2. The van der Waals surface area contributed by atoms with Crippen LogP contribution in [0.4, 0.5) is 0 Å². The number of pyridine rings is 1. The van der Waals surface area contributed by atoms with E-state index in [-0.39, 0.29) is 11.5 Å². The summed E-state index contributed by atoms with van der Waals surface area (Å²) in [6.07, 6.45) is 8.38. The van der Waals surface area contributed by atoms with Crippen molar-refractivity contribution >= 4 is 5.91 Å². The Hall–Kier alpha value is -2.18. The third-order valence-corrected chi connectivity index (χ3v) is 5.62. The lowest BCUT2D eigenvalue weighted by atomic mass is 9.88. The summed E-state index contributed by atoms with van der Waals surface area (Å²) < 4.78 is 6.29. The van der Waals surface area contributed by atoms with E-state index in [1.165, 1.54) is 0 Å². The molecule has 0 radical (unpaired) electrons. The summed E-state index contributed by atoms with van der Waals surface area (Å²) in [5, 5.41) is 0. The molecule has 0 aliphatic carbocycles. The molecule has 6 heteroatoms. The number of piperidine rings is 1. The highest BCUT2D eigenvalue weighted by Gasteiger charge is 2.45. The van der Waals surface area contributed by atoms with Crippen LogP contribution in [0, 0.1) is 0 Å². The maximum atomic E-state index is 12.7. The summed E-state index contributed by atoms with van der Waals surface area (Å²) >= 11 is 0. The maximum absolute atomic E-state index is 12.7. The van der Waals surface area contributed by atoms with Crippen LogP contribution < -0.4 is 0 Å². The molecule has 0 aromatic carbocycles. The summed E-state index contributed by atoms with van der Waals surface area (Å²) in [6, 6.07) is 8.21. The Kier molecular flexibility index (Phi) is 4.78. The predicted molar refractivity (Wildman–Crippen MR) is 98.7 cm³/mol. The van der Waals surface area contributed by atoms with Gasteiger partial charge in [0.15, 0.2) is 0 Å². The van der Waals surface area contributed by atoms with E-state index in [0.717, 1.165) is 50.2 Å². The Morgan fingerprint density at radius 3 is 3.15 bits per heavy atom. The molecule has 2 aromatic rings. The van der Waals surface area contributed by atoms with Gasteiger partial charge >= 0.3 is 0 Å². The van der Waals surface area contributed by atoms with Crippen molar-refractivity contribution in [2.24, 2.45) is 0 Å². The van der Waals surface area contributed by atoms with E-state index in [9.17, 15) is 4.79 Å². The van der Waals surface area contributed by atoms with Gasteiger partial charge < -0.3 is 14.6 Å². The van der Waals surface area contributed by atoms with E-state index in [0.29, 0.717) is 12.6 Å². The van der Waals surface area contributed by atoms with Crippen molar-refractivity contribution < 1.29 is 9.53 Å². The highest BCUT2D eigenvalue weighted by Crippen LogP contribution is 2.36. The molecule has 2 fully saturated rings. The lowest BCUT2D eigenvalue weighted by Crippen LogP contribution is -2.50. The van der Waals surface area contributed by atoms with E-state index in [2.05, 4.69) is 28.0 Å². The highest BCUT2D eigenvalue weighted by molar-refractivity contribution is 5.94. The monoisotopic (exact) mass is 354 g/mol. The van der Waals surface area contributed by atoms with Gasteiger partial charge in [0, 0.05) is 37.7 Å². The molecule has 2 aliphatic rings. The van der Waals surface area contributed by atoms with Crippen LogP contribution in [0.15, 0.2) is 42.9 Å². The minimum Gasteiger partial charge on any atom is -0.371 e. The van der Waals surface area contributed by atoms with Crippen molar-refractivity contribution in [2.45, 2.75) is 37.5 Å². The number of rotatable bonds is 4. The first-order chi connectivity index (χ1) is 12.7. The Morgan fingerprint density at radius 2 is 2.38 bits per heavy atom. The molecule has 6 nitrogen and oxygen atoms in total. The Morgan fingerprint density at radius 1 is 1.46 bits per heavy atom. The molecule has 2 unspecified atom stereocenters. The maximum Gasteiger partial charge on any atom is 0.255 e. The van der Waals surface area contributed by atoms with E-state index >= 15 is 0 Å². The van der Waals surface area contributed by atoms with Crippen LogP contribution in [0.25, 0.3) is 0 Å². The van der Waals surface area contributed by atoms with Gasteiger partial charge in [0.2, 0.25) is 0 Å². The molecule has 2 aliphatic heterocycles. The van der Waals surface area contributed by atoms with Crippen LogP contribution in [0.1, 0.15) is 35.3 Å². The fraction of sp³-hybridized carbons (Fsp3) is 0.500. The summed E-state index contributed by atoms with van der Waals surface area (Å²) in [7, 11) is 2.13. The first-order valence-electron chi connectivity index (χ1n) is 9.31. The van der Waals surface area contributed by atoms with Gasteiger partial charge in [-0.1, -0.05) is 6.07 Å². The third kappa shape index (κ3) is 3.52. The van der Waals surface area contributed by atoms with E-state index < -0.39 is 0 Å². The predicted octanol–water partition coefficient (Wildman–Crippen LogP) is 2.31. The largest absolute Gasteiger partial charge is 0.371 e. The lowest BCUT2D eigenvalue weighted by Gasteiger charge is -2.40. The smallest absolute Gasteiger partial charge is 0.255 e. The van der Waals surface area contributed by atoms with E-state index in [1.807, 2.05) is 29.3 Å². The molecule has 1 spiro atoms. The van der Waals surface area contributed by atoms with Gasteiger partial charge in [0.25, 0.3) is 5.91 Å². The van der Waals surface area contributed by atoms with Gasteiger partial charge in [0.1, 0.15) is 0 Å². The molecule has 4 rings (SSSR count). The molecular formula is C20H26N4O2. The number of hydrogen-bond donors (Lipinski definition) is 1. The molecule has 0 saturated carbocycles. The minimum atomic E-state index is -0.201. The molecule has 2 aromatic heterocycles. The van der Waals surface area contributed by atoms with Crippen molar-refractivity contribution in [3.8, 4) is 0 Å². The summed E-state index contributed by atoms with van der Waals surface area (Å²) in [5.74, 6) is 0.0965. The number of amides is 1. The molecule has 1 N–H and O–H groups in total. The van der Waals surface area contributed by atoms with Crippen molar-refractivity contribution in [1.82, 2.24) is 19.8 Å². The van der Waals surface area contributed by atoms with Crippen LogP contribution in [-0.2, 0) is 11.3 Å². The topological polar surface area (TPSA) is 61.5 Å². The second kappa shape index (κ2) is 7.21. The minimum absolute atomic E-state index is 0.0965. The van der Waals surface area contributed by atoms with Crippen LogP contribution in [0.2, 0.25) is 0 Å².